The molecule has 0 spiro atoms. The Morgan fingerprint density at radius 2 is 1.90 bits per heavy atom. The van der Waals surface area contributed by atoms with Gasteiger partial charge in [-0.3, -0.25) is 9.36 Å². The van der Waals surface area contributed by atoms with Crippen molar-refractivity contribution in [2.45, 2.75) is 96.6 Å². The number of hydrogen-bond donors (Lipinski definition) is 2. The number of aromatic nitrogens is 4. The van der Waals surface area contributed by atoms with Gasteiger partial charge in [0.25, 0.3) is 0 Å². The summed E-state index contributed by atoms with van der Waals surface area (Å²) in [5.41, 5.74) is 3.82. The van der Waals surface area contributed by atoms with Crippen molar-refractivity contribution in [2.24, 2.45) is 23.2 Å². The van der Waals surface area contributed by atoms with Crippen molar-refractivity contribution in [3.63, 3.8) is 0 Å². The number of fused-ring (bicyclic) bond motifs is 6. The highest BCUT2D eigenvalue weighted by Crippen LogP contribution is 2.61. The van der Waals surface area contributed by atoms with Gasteiger partial charge in [0.2, 0.25) is 11.2 Å². The number of halogens is 1. The van der Waals surface area contributed by atoms with Crippen LogP contribution >= 0.6 is 11.6 Å². The number of carbonyl (C=O) groups excluding carboxylic acids is 1. The maximum Gasteiger partial charge on any atom is 0.226 e. The molecule has 2 saturated carbocycles. The minimum atomic E-state index is -0.189. The van der Waals surface area contributed by atoms with Gasteiger partial charge >= 0.3 is 0 Å². The highest BCUT2D eigenvalue weighted by Gasteiger charge is 2.59. The largest absolute Gasteiger partial charge is 0.364 e. The highest BCUT2D eigenvalue weighted by molar-refractivity contribution is 6.28. The molecule has 0 unspecified atom stereocenters. The number of imidazole rings is 1. The molecule has 4 heterocycles. The van der Waals surface area contributed by atoms with Crippen LogP contribution < -0.4 is 10.6 Å². The fourth-order valence-electron chi connectivity index (χ4n) is 8.66. The van der Waals surface area contributed by atoms with E-state index < -0.39 is 0 Å². The van der Waals surface area contributed by atoms with Crippen molar-refractivity contribution in [2.75, 3.05) is 5.32 Å². The second-order valence-electron chi connectivity index (χ2n) is 13.1. The van der Waals surface area contributed by atoms with Gasteiger partial charge in [-0.15, -0.1) is 0 Å². The van der Waals surface area contributed by atoms with E-state index in [1.54, 1.807) is 0 Å². The molecule has 2 saturated heterocycles. The predicted molar refractivity (Wildman–Crippen MR) is 155 cm³/mol. The van der Waals surface area contributed by atoms with Crippen LogP contribution in [-0.2, 0) is 16.1 Å². The summed E-state index contributed by atoms with van der Waals surface area (Å²) in [7, 11) is 0. The van der Waals surface area contributed by atoms with E-state index in [1.165, 1.54) is 12.0 Å². The SMILES string of the molecule is Cc1ccc(CNc2nc(Cl)nc3c2ncn3[C@@H]2CC[C@H]3[C@@H]4CC[C@H]5NC(=O)CC[C@]5(C)[C@H]4CC[C@]3(C)O2)cc1. The normalized spacial score (nSPS) is 35.4. The second kappa shape index (κ2) is 9.69. The Balaban J connectivity index is 1.11. The average molecular weight is 563 g/mol. The van der Waals surface area contributed by atoms with E-state index in [2.05, 4.69) is 70.2 Å². The van der Waals surface area contributed by atoms with Crippen molar-refractivity contribution in [1.29, 1.82) is 0 Å². The molecule has 212 valence electrons. The smallest absolute Gasteiger partial charge is 0.226 e. The zero-order valence-corrected chi connectivity index (χ0v) is 24.4. The Morgan fingerprint density at radius 1 is 1.07 bits per heavy atom. The van der Waals surface area contributed by atoms with E-state index in [-0.39, 0.29) is 28.4 Å². The van der Waals surface area contributed by atoms with Gasteiger partial charge < -0.3 is 15.4 Å². The first-order chi connectivity index (χ1) is 19.2. The maximum atomic E-state index is 12.1. The predicted octanol–water partition coefficient (Wildman–Crippen LogP) is 6.19. The molecule has 7 atom stereocenters. The lowest BCUT2D eigenvalue weighted by Gasteiger charge is -2.62. The number of rotatable bonds is 4. The van der Waals surface area contributed by atoms with Crippen LogP contribution in [0.5, 0.6) is 0 Å². The molecule has 8 nitrogen and oxygen atoms in total. The van der Waals surface area contributed by atoms with Gasteiger partial charge in [0.15, 0.2) is 17.0 Å². The summed E-state index contributed by atoms with van der Waals surface area (Å²) in [6, 6.07) is 8.76. The molecule has 4 fully saturated rings. The molecule has 0 bridgehead atoms. The molecule has 2 aliphatic heterocycles. The van der Waals surface area contributed by atoms with Gasteiger partial charge in [-0.05, 0) is 99.1 Å². The molecule has 1 aromatic carbocycles. The van der Waals surface area contributed by atoms with Gasteiger partial charge in [0, 0.05) is 19.0 Å². The van der Waals surface area contributed by atoms with Crippen LogP contribution in [0.2, 0.25) is 5.28 Å². The topological polar surface area (TPSA) is 94.0 Å². The van der Waals surface area contributed by atoms with Crippen molar-refractivity contribution < 1.29 is 9.53 Å². The number of carbonyl (C=O) groups is 1. The third-order valence-electron chi connectivity index (χ3n) is 10.8. The van der Waals surface area contributed by atoms with Crippen LogP contribution in [0, 0.1) is 30.1 Å². The van der Waals surface area contributed by atoms with Gasteiger partial charge in [-0.2, -0.15) is 9.97 Å². The van der Waals surface area contributed by atoms with E-state index in [0.29, 0.717) is 53.7 Å². The monoisotopic (exact) mass is 562 g/mol. The molecule has 2 N–H and O–H groups in total. The van der Waals surface area contributed by atoms with Crippen LogP contribution in [0.25, 0.3) is 11.2 Å². The van der Waals surface area contributed by atoms with E-state index in [0.717, 1.165) is 44.1 Å². The summed E-state index contributed by atoms with van der Waals surface area (Å²) in [5, 5.41) is 6.95. The summed E-state index contributed by atoms with van der Waals surface area (Å²) < 4.78 is 9.07. The number of benzene rings is 1. The Morgan fingerprint density at radius 3 is 2.73 bits per heavy atom. The number of ether oxygens (including phenoxy) is 1. The summed E-state index contributed by atoms with van der Waals surface area (Å²) >= 11 is 6.42. The molecule has 3 aromatic rings. The number of hydrogen-bond acceptors (Lipinski definition) is 6. The summed E-state index contributed by atoms with van der Waals surface area (Å²) in [4.78, 5) is 25.9. The third kappa shape index (κ3) is 4.30. The maximum absolute atomic E-state index is 12.1. The zero-order valence-electron chi connectivity index (χ0n) is 23.6. The Bertz CT molecular complexity index is 1440. The van der Waals surface area contributed by atoms with Gasteiger partial charge in [0.1, 0.15) is 6.23 Å². The van der Waals surface area contributed by atoms with Crippen molar-refractivity contribution in [1.82, 2.24) is 24.8 Å². The van der Waals surface area contributed by atoms with Crippen LogP contribution in [0.4, 0.5) is 5.82 Å². The minimum Gasteiger partial charge on any atom is -0.364 e. The molecule has 40 heavy (non-hydrogen) atoms. The van der Waals surface area contributed by atoms with E-state index in [1.807, 2.05) is 6.33 Å². The third-order valence-corrected chi connectivity index (χ3v) is 11.0. The lowest BCUT2D eigenvalue weighted by atomic mass is 9.48. The van der Waals surface area contributed by atoms with Crippen molar-refractivity contribution in [3.05, 3.63) is 47.0 Å². The second-order valence-corrected chi connectivity index (χ2v) is 13.4. The standard InChI is InChI=1S/C31H39ClN6O2/c1-18-4-6-19(7-5-18)16-33-27-26-28(37-29(32)36-27)38(17-34-26)25-11-9-22-20-8-10-23-30(2,14-13-24(39)35-23)21(20)12-15-31(22,3)40-25/h4-7,17,20-23,25H,8-16H2,1-3H3,(H,35,39)(H,33,36,37)/t20-,21+,22+,23-,25+,30-,31+/m1/s1. The van der Waals surface area contributed by atoms with Crippen molar-refractivity contribution in [3.8, 4) is 0 Å². The zero-order chi connectivity index (χ0) is 27.6. The first-order valence-corrected chi connectivity index (χ1v) is 15.3. The average Bonchev–Trinajstić information content (AvgIpc) is 3.36. The molecular weight excluding hydrogens is 524 g/mol. The summed E-state index contributed by atoms with van der Waals surface area (Å²) in [5.74, 6) is 2.69. The Kier molecular flexibility index (Phi) is 6.35. The van der Waals surface area contributed by atoms with Gasteiger partial charge in [0.05, 0.1) is 11.9 Å². The molecular formula is C31H39ClN6O2. The molecule has 1 amide bonds. The number of nitrogens with one attached hydrogen (secondary N) is 2. The van der Waals surface area contributed by atoms with Crippen LogP contribution in [0.1, 0.15) is 82.6 Å². The lowest BCUT2D eigenvalue weighted by molar-refractivity contribution is -0.231. The quantitative estimate of drug-likeness (QED) is 0.368. The van der Waals surface area contributed by atoms with Crippen molar-refractivity contribution >= 4 is 34.5 Å². The van der Waals surface area contributed by atoms with Gasteiger partial charge in [-0.1, -0.05) is 36.8 Å². The Hall–Kier alpha value is -2.71. The van der Waals surface area contributed by atoms with Crippen LogP contribution in [0.15, 0.2) is 30.6 Å². The van der Waals surface area contributed by atoms with Crippen LogP contribution in [-0.4, -0.2) is 37.1 Å². The first kappa shape index (κ1) is 26.2. The Labute approximate surface area is 240 Å². The summed E-state index contributed by atoms with van der Waals surface area (Å²) in [6.07, 6.45) is 9.85. The van der Waals surface area contributed by atoms with Gasteiger partial charge in [-0.25, -0.2) is 4.98 Å². The van der Waals surface area contributed by atoms with Crippen LogP contribution in [0.3, 0.4) is 0 Å². The molecule has 7 rings (SSSR count). The molecule has 0 radical (unpaired) electrons. The fraction of sp³-hybridized carbons (Fsp3) is 0.613. The lowest BCUT2D eigenvalue weighted by Crippen LogP contribution is -2.63. The van der Waals surface area contributed by atoms with E-state index >= 15 is 0 Å². The molecule has 4 aliphatic rings. The van der Waals surface area contributed by atoms with E-state index in [9.17, 15) is 4.79 Å². The number of piperidine rings is 1. The first-order valence-electron chi connectivity index (χ1n) is 14.9. The fourth-order valence-corrected chi connectivity index (χ4v) is 8.82. The number of aryl methyl sites for hydroxylation is 1. The number of anilines is 1. The van der Waals surface area contributed by atoms with E-state index in [4.69, 9.17) is 21.3 Å². The number of nitrogens with zero attached hydrogens (tertiary/aromatic N) is 4. The molecule has 2 aliphatic carbocycles. The molecule has 2 aromatic heterocycles. The summed E-state index contributed by atoms with van der Waals surface area (Å²) in [6.45, 7) is 7.48. The number of amides is 1. The molecule has 9 heteroatoms. The minimum absolute atomic E-state index is 0.139. The highest BCUT2D eigenvalue weighted by atomic mass is 35.5.